The number of hydrogen-bond acceptors (Lipinski definition) is 4. The molecule has 2 amide bonds. The van der Waals surface area contributed by atoms with Gasteiger partial charge in [0.05, 0.1) is 0 Å². The van der Waals surface area contributed by atoms with Crippen LogP contribution in [0.1, 0.15) is 48.5 Å². The molecule has 2 N–H and O–H groups in total. The number of carbonyl (C=O) groups is 2. The summed E-state index contributed by atoms with van der Waals surface area (Å²) in [6, 6.07) is 11.9. The number of pyridine rings is 1. The van der Waals surface area contributed by atoms with Crippen molar-refractivity contribution in [1.29, 1.82) is 0 Å². The first kappa shape index (κ1) is 18.9. The molecule has 1 atom stereocenters. The highest BCUT2D eigenvalue weighted by Gasteiger charge is 2.18. The molecule has 1 aromatic carbocycles. The zero-order chi connectivity index (χ0) is 19.1. The average Bonchev–Trinajstić information content (AvgIpc) is 3.20. The van der Waals surface area contributed by atoms with Crippen LogP contribution >= 0.6 is 0 Å². The van der Waals surface area contributed by atoms with E-state index < -0.39 is 6.04 Å². The lowest BCUT2D eigenvalue weighted by molar-refractivity contribution is -0.122. The Morgan fingerprint density at radius 2 is 1.93 bits per heavy atom. The van der Waals surface area contributed by atoms with Crippen molar-refractivity contribution < 1.29 is 14.3 Å². The number of amides is 2. The van der Waals surface area contributed by atoms with Gasteiger partial charge in [0.1, 0.15) is 12.1 Å². The second-order valence-corrected chi connectivity index (χ2v) is 6.81. The molecule has 1 heterocycles. The van der Waals surface area contributed by atoms with Gasteiger partial charge in [0.15, 0.2) is 0 Å². The van der Waals surface area contributed by atoms with E-state index in [0.29, 0.717) is 18.0 Å². The van der Waals surface area contributed by atoms with Crippen molar-refractivity contribution in [3.8, 4) is 5.88 Å². The highest BCUT2D eigenvalue weighted by atomic mass is 16.5. The van der Waals surface area contributed by atoms with E-state index in [-0.39, 0.29) is 17.9 Å². The van der Waals surface area contributed by atoms with Gasteiger partial charge < -0.3 is 15.4 Å². The number of hydrogen-bond donors (Lipinski definition) is 2. The van der Waals surface area contributed by atoms with E-state index in [1.54, 1.807) is 37.4 Å². The molecular formula is C21H25N3O3. The van der Waals surface area contributed by atoms with Crippen LogP contribution in [0.5, 0.6) is 5.88 Å². The van der Waals surface area contributed by atoms with Gasteiger partial charge in [-0.3, -0.25) is 9.59 Å². The van der Waals surface area contributed by atoms with Crippen molar-refractivity contribution in [2.45, 2.75) is 51.3 Å². The molecule has 27 heavy (non-hydrogen) atoms. The van der Waals surface area contributed by atoms with Gasteiger partial charge in [-0.15, -0.1) is 0 Å². The largest absolute Gasteiger partial charge is 0.474 e. The van der Waals surface area contributed by atoms with Gasteiger partial charge in [0.2, 0.25) is 11.8 Å². The first-order valence-corrected chi connectivity index (χ1v) is 9.37. The molecule has 1 aromatic heterocycles. The molecule has 1 unspecified atom stereocenters. The SMILES string of the molecule is CC(NC(=O)c1ccccc1)C(=O)NCc1ccnc(OC2CCCC2)c1. The smallest absolute Gasteiger partial charge is 0.251 e. The van der Waals surface area contributed by atoms with E-state index in [9.17, 15) is 9.59 Å². The lowest BCUT2D eigenvalue weighted by Gasteiger charge is -2.15. The standard InChI is InChI=1S/C21H25N3O3/c1-15(24-21(26)17-7-3-2-4-8-17)20(25)23-14-16-11-12-22-19(13-16)27-18-9-5-6-10-18/h2-4,7-8,11-13,15,18H,5-6,9-10,14H2,1H3,(H,23,25)(H,24,26). The minimum absolute atomic E-state index is 0.241. The summed E-state index contributed by atoms with van der Waals surface area (Å²) in [7, 11) is 0. The Bertz CT molecular complexity index is 773. The molecular weight excluding hydrogens is 342 g/mol. The van der Waals surface area contributed by atoms with Crippen LogP contribution in [0.25, 0.3) is 0 Å². The van der Waals surface area contributed by atoms with Crippen molar-refractivity contribution in [2.75, 3.05) is 0 Å². The molecule has 0 bridgehead atoms. The molecule has 1 fully saturated rings. The quantitative estimate of drug-likeness (QED) is 0.789. The van der Waals surface area contributed by atoms with E-state index in [1.165, 1.54) is 12.8 Å². The van der Waals surface area contributed by atoms with Gasteiger partial charge in [-0.25, -0.2) is 4.98 Å². The summed E-state index contributed by atoms with van der Waals surface area (Å²) in [4.78, 5) is 28.6. The highest BCUT2D eigenvalue weighted by molar-refractivity contribution is 5.97. The molecule has 1 aliphatic carbocycles. The number of carbonyl (C=O) groups excluding carboxylic acids is 2. The van der Waals surface area contributed by atoms with Crippen molar-refractivity contribution >= 4 is 11.8 Å². The first-order chi connectivity index (χ1) is 13.1. The summed E-state index contributed by atoms with van der Waals surface area (Å²) in [5, 5.41) is 5.54. The minimum Gasteiger partial charge on any atom is -0.474 e. The monoisotopic (exact) mass is 367 g/mol. The van der Waals surface area contributed by atoms with Crippen LogP contribution in [0.3, 0.4) is 0 Å². The van der Waals surface area contributed by atoms with Crippen molar-refractivity contribution in [1.82, 2.24) is 15.6 Å². The molecule has 0 radical (unpaired) electrons. The molecule has 6 nitrogen and oxygen atoms in total. The van der Waals surface area contributed by atoms with Crippen molar-refractivity contribution in [2.24, 2.45) is 0 Å². The Balaban J connectivity index is 1.48. The summed E-state index contributed by atoms with van der Waals surface area (Å²) in [6.07, 6.45) is 6.48. The van der Waals surface area contributed by atoms with Gasteiger partial charge in [-0.1, -0.05) is 18.2 Å². The molecule has 142 valence electrons. The van der Waals surface area contributed by atoms with Crippen LogP contribution in [-0.2, 0) is 11.3 Å². The number of nitrogens with one attached hydrogen (secondary N) is 2. The third-order valence-electron chi connectivity index (χ3n) is 4.63. The molecule has 6 heteroatoms. The van der Waals surface area contributed by atoms with Crippen LogP contribution < -0.4 is 15.4 Å². The van der Waals surface area contributed by atoms with E-state index in [0.717, 1.165) is 18.4 Å². The van der Waals surface area contributed by atoms with Gasteiger partial charge in [-0.05, 0) is 56.4 Å². The van der Waals surface area contributed by atoms with Crippen LogP contribution in [-0.4, -0.2) is 28.9 Å². The lowest BCUT2D eigenvalue weighted by atomic mass is 10.2. The Morgan fingerprint density at radius 1 is 1.19 bits per heavy atom. The Kier molecular flexibility index (Phi) is 6.41. The number of rotatable bonds is 7. The third-order valence-corrected chi connectivity index (χ3v) is 4.63. The Hall–Kier alpha value is -2.89. The fourth-order valence-electron chi connectivity index (χ4n) is 3.08. The zero-order valence-corrected chi connectivity index (χ0v) is 15.5. The molecule has 3 rings (SSSR count). The van der Waals surface area contributed by atoms with E-state index in [2.05, 4.69) is 15.6 Å². The van der Waals surface area contributed by atoms with Crippen molar-refractivity contribution in [3.05, 3.63) is 59.8 Å². The molecule has 2 aromatic rings. The molecule has 0 aliphatic heterocycles. The number of nitrogens with zero attached hydrogens (tertiary/aromatic N) is 1. The normalized spacial score (nSPS) is 15.1. The molecule has 0 saturated heterocycles. The topological polar surface area (TPSA) is 80.3 Å². The second-order valence-electron chi connectivity index (χ2n) is 6.81. The second kappa shape index (κ2) is 9.16. The number of ether oxygens (including phenoxy) is 1. The van der Waals surface area contributed by atoms with E-state index in [4.69, 9.17) is 4.74 Å². The number of benzene rings is 1. The Morgan fingerprint density at radius 3 is 2.67 bits per heavy atom. The summed E-state index contributed by atoms with van der Waals surface area (Å²) < 4.78 is 5.89. The molecule has 0 spiro atoms. The third kappa shape index (κ3) is 5.54. The fraction of sp³-hybridized carbons (Fsp3) is 0.381. The fourth-order valence-corrected chi connectivity index (χ4v) is 3.08. The summed E-state index contributed by atoms with van der Waals surface area (Å²) in [5.41, 5.74) is 1.44. The summed E-state index contributed by atoms with van der Waals surface area (Å²) in [6.45, 7) is 2.02. The van der Waals surface area contributed by atoms with Crippen molar-refractivity contribution in [3.63, 3.8) is 0 Å². The summed E-state index contributed by atoms with van der Waals surface area (Å²) in [5.74, 6) is 0.0860. The predicted molar refractivity (Wildman–Crippen MR) is 102 cm³/mol. The van der Waals surface area contributed by atoms with Crippen LogP contribution in [0.4, 0.5) is 0 Å². The maximum absolute atomic E-state index is 12.3. The predicted octanol–water partition coefficient (Wildman–Crippen LogP) is 2.84. The maximum atomic E-state index is 12.3. The first-order valence-electron chi connectivity index (χ1n) is 9.37. The zero-order valence-electron chi connectivity index (χ0n) is 15.5. The molecule has 1 saturated carbocycles. The van der Waals surface area contributed by atoms with Gasteiger partial charge in [0.25, 0.3) is 5.91 Å². The highest BCUT2D eigenvalue weighted by Crippen LogP contribution is 2.23. The maximum Gasteiger partial charge on any atom is 0.251 e. The van der Waals surface area contributed by atoms with E-state index in [1.807, 2.05) is 18.2 Å². The average molecular weight is 367 g/mol. The lowest BCUT2D eigenvalue weighted by Crippen LogP contribution is -2.44. The molecule has 1 aliphatic rings. The minimum atomic E-state index is -0.631. The van der Waals surface area contributed by atoms with Gasteiger partial charge in [-0.2, -0.15) is 0 Å². The number of aromatic nitrogens is 1. The van der Waals surface area contributed by atoms with Gasteiger partial charge in [0, 0.05) is 24.4 Å². The van der Waals surface area contributed by atoms with Gasteiger partial charge >= 0.3 is 0 Å². The van der Waals surface area contributed by atoms with E-state index >= 15 is 0 Å². The summed E-state index contributed by atoms with van der Waals surface area (Å²) >= 11 is 0. The van der Waals surface area contributed by atoms with Crippen LogP contribution in [0.2, 0.25) is 0 Å². The Labute approximate surface area is 159 Å². The van der Waals surface area contributed by atoms with Crippen LogP contribution in [0, 0.1) is 0 Å². The van der Waals surface area contributed by atoms with Crippen LogP contribution in [0.15, 0.2) is 48.7 Å².